The summed E-state index contributed by atoms with van der Waals surface area (Å²) in [5.74, 6) is -0.738. The zero-order valence-corrected chi connectivity index (χ0v) is 20.3. The van der Waals surface area contributed by atoms with Crippen molar-refractivity contribution in [3.05, 3.63) is 89.3 Å². The molecule has 6 nitrogen and oxygen atoms in total. The number of benzene rings is 3. The van der Waals surface area contributed by atoms with Gasteiger partial charge in [0.25, 0.3) is 0 Å². The van der Waals surface area contributed by atoms with Crippen LogP contribution in [-0.2, 0) is 11.0 Å². The smallest absolute Gasteiger partial charge is 0.360 e. The average Bonchev–Trinajstić information content (AvgIpc) is 3.48. The largest absolute Gasteiger partial charge is 0.416 e. The highest BCUT2D eigenvalue weighted by Gasteiger charge is 2.31. The predicted molar refractivity (Wildman–Crippen MR) is 134 cm³/mol. The number of nitrogens with zero attached hydrogens (tertiary/aromatic N) is 3. The Balaban J connectivity index is 1.44. The number of anilines is 1. The molecule has 2 N–H and O–H groups in total. The second-order valence-electron chi connectivity index (χ2n) is 7.90. The minimum absolute atomic E-state index is 0.0255. The maximum absolute atomic E-state index is 13.6. The van der Waals surface area contributed by atoms with E-state index in [9.17, 15) is 22.4 Å². The minimum Gasteiger partial charge on any atom is -0.360 e. The summed E-state index contributed by atoms with van der Waals surface area (Å²) in [6.07, 6.45) is -2.80. The Hall–Kier alpha value is -3.83. The number of aromatic amines is 1. The topological polar surface area (TPSA) is 75.6 Å². The third kappa shape index (κ3) is 5.18. The number of para-hydroxylation sites is 1. The highest BCUT2D eigenvalue weighted by atomic mass is 35.5. The number of H-pyrrole nitrogens is 1. The lowest BCUT2D eigenvalue weighted by Gasteiger charge is -2.12. The normalized spacial score (nSPS) is 11.7. The van der Waals surface area contributed by atoms with E-state index in [0.29, 0.717) is 16.7 Å². The Kier molecular flexibility index (Phi) is 6.65. The number of hydrogen-bond acceptors (Lipinski definition) is 4. The Labute approximate surface area is 216 Å². The van der Waals surface area contributed by atoms with Crippen LogP contribution in [0, 0.1) is 5.82 Å². The van der Waals surface area contributed by atoms with Gasteiger partial charge in [0.1, 0.15) is 5.82 Å². The zero-order valence-electron chi connectivity index (χ0n) is 18.7. The Morgan fingerprint density at radius 3 is 2.57 bits per heavy atom. The number of nitrogens with one attached hydrogen (secondary N) is 2. The van der Waals surface area contributed by atoms with Crippen LogP contribution in [0.25, 0.3) is 28.0 Å². The number of carbonyl (C=O) groups excluding carboxylic acids is 1. The molecule has 0 unspecified atom stereocenters. The number of hydrogen-bond donors (Lipinski definition) is 2. The summed E-state index contributed by atoms with van der Waals surface area (Å²) < 4.78 is 54.5. The molecule has 2 heterocycles. The number of carbonyl (C=O) groups is 1. The SMILES string of the molecule is O=C(CSc1nnc(-c2c[nH]c3ccccc23)n1-c1ccc(F)cc1)Nc1cc(C(F)(F)F)ccc1Cl. The van der Waals surface area contributed by atoms with Gasteiger partial charge < -0.3 is 10.3 Å². The lowest BCUT2D eigenvalue weighted by Crippen LogP contribution is -2.16. The molecule has 188 valence electrons. The maximum Gasteiger partial charge on any atom is 0.416 e. The highest BCUT2D eigenvalue weighted by Crippen LogP contribution is 2.35. The molecule has 0 aliphatic heterocycles. The molecule has 0 atom stereocenters. The molecule has 0 bridgehead atoms. The van der Waals surface area contributed by atoms with Gasteiger partial charge in [-0.2, -0.15) is 13.2 Å². The fourth-order valence-corrected chi connectivity index (χ4v) is 4.65. The van der Waals surface area contributed by atoms with E-state index < -0.39 is 23.5 Å². The van der Waals surface area contributed by atoms with Crippen LogP contribution in [0.3, 0.4) is 0 Å². The summed E-state index contributed by atoms with van der Waals surface area (Å²) in [7, 11) is 0. The van der Waals surface area contributed by atoms with Crippen LogP contribution in [0.2, 0.25) is 5.02 Å². The fraction of sp³-hybridized carbons (Fsp3) is 0.0800. The Morgan fingerprint density at radius 2 is 1.81 bits per heavy atom. The van der Waals surface area contributed by atoms with E-state index >= 15 is 0 Å². The molecule has 2 aromatic heterocycles. The van der Waals surface area contributed by atoms with Crippen molar-refractivity contribution in [2.45, 2.75) is 11.3 Å². The quantitative estimate of drug-likeness (QED) is 0.179. The van der Waals surface area contributed by atoms with Crippen LogP contribution in [0.4, 0.5) is 23.2 Å². The van der Waals surface area contributed by atoms with Crippen molar-refractivity contribution in [2.75, 3.05) is 11.1 Å². The van der Waals surface area contributed by atoms with E-state index in [4.69, 9.17) is 11.6 Å². The zero-order chi connectivity index (χ0) is 26.2. The van der Waals surface area contributed by atoms with Crippen molar-refractivity contribution < 1.29 is 22.4 Å². The molecule has 0 aliphatic carbocycles. The van der Waals surface area contributed by atoms with Gasteiger partial charge in [-0.25, -0.2) is 4.39 Å². The number of aromatic nitrogens is 4. The summed E-state index contributed by atoms with van der Waals surface area (Å²) in [6.45, 7) is 0. The van der Waals surface area contributed by atoms with Gasteiger partial charge in [-0.05, 0) is 48.5 Å². The first-order chi connectivity index (χ1) is 17.7. The number of alkyl halides is 3. The third-order valence-electron chi connectivity index (χ3n) is 5.45. The van der Waals surface area contributed by atoms with Crippen molar-refractivity contribution in [2.24, 2.45) is 0 Å². The van der Waals surface area contributed by atoms with Crippen molar-refractivity contribution in [1.82, 2.24) is 19.7 Å². The molecule has 0 radical (unpaired) electrons. The summed E-state index contributed by atoms with van der Waals surface area (Å²) >= 11 is 7.01. The first kappa shape index (κ1) is 24.8. The monoisotopic (exact) mass is 545 g/mol. The summed E-state index contributed by atoms with van der Waals surface area (Å²) in [5, 5.41) is 12.2. The van der Waals surface area contributed by atoms with E-state index in [2.05, 4.69) is 20.5 Å². The van der Waals surface area contributed by atoms with Crippen LogP contribution < -0.4 is 5.32 Å². The lowest BCUT2D eigenvalue weighted by atomic mass is 10.1. The van der Waals surface area contributed by atoms with Crippen molar-refractivity contribution in [3.8, 4) is 17.1 Å². The third-order valence-corrected chi connectivity index (χ3v) is 6.71. The molecule has 12 heteroatoms. The van der Waals surface area contributed by atoms with Crippen LogP contribution in [0.15, 0.2) is 78.1 Å². The molecule has 1 amide bonds. The Morgan fingerprint density at radius 1 is 1.05 bits per heavy atom. The van der Waals surface area contributed by atoms with Crippen molar-refractivity contribution in [3.63, 3.8) is 0 Å². The van der Waals surface area contributed by atoms with Gasteiger partial charge >= 0.3 is 6.18 Å². The second-order valence-corrected chi connectivity index (χ2v) is 9.24. The molecular weight excluding hydrogens is 530 g/mol. The molecule has 0 spiro atoms. The number of rotatable bonds is 6. The van der Waals surface area contributed by atoms with Crippen LogP contribution in [0.1, 0.15) is 5.56 Å². The van der Waals surface area contributed by atoms with E-state index in [1.807, 2.05) is 24.3 Å². The molecule has 0 aliphatic rings. The van der Waals surface area contributed by atoms with E-state index in [0.717, 1.165) is 46.4 Å². The summed E-state index contributed by atoms with van der Waals surface area (Å²) in [4.78, 5) is 15.8. The van der Waals surface area contributed by atoms with Gasteiger partial charge in [-0.1, -0.05) is 41.6 Å². The molecule has 5 rings (SSSR count). The van der Waals surface area contributed by atoms with Gasteiger partial charge in [0.15, 0.2) is 11.0 Å². The molecule has 0 saturated carbocycles. The first-order valence-electron chi connectivity index (χ1n) is 10.8. The van der Waals surface area contributed by atoms with E-state index in [-0.39, 0.29) is 16.5 Å². The van der Waals surface area contributed by atoms with E-state index in [1.165, 1.54) is 12.1 Å². The van der Waals surface area contributed by atoms with Gasteiger partial charge in [-0.15, -0.1) is 10.2 Å². The van der Waals surface area contributed by atoms with Gasteiger partial charge in [0, 0.05) is 28.4 Å². The molecule has 37 heavy (non-hydrogen) atoms. The predicted octanol–water partition coefficient (Wildman–Crippen LogP) is 6.96. The number of amides is 1. The molecule has 3 aromatic carbocycles. The standard InChI is InChI=1S/C25H16ClF4N5OS/c26-19-10-5-14(25(28,29)30)11-21(19)32-22(36)13-37-24-34-33-23(35(24)16-8-6-15(27)7-9-16)18-12-31-20-4-2-1-3-17(18)20/h1-12,31H,13H2,(H,32,36). The highest BCUT2D eigenvalue weighted by molar-refractivity contribution is 7.99. The number of thioether (sulfide) groups is 1. The van der Waals surface area contributed by atoms with Crippen molar-refractivity contribution >= 4 is 45.9 Å². The van der Waals surface area contributed by atoms with Gasteiger partial charge in [0.2, 0.25) is 5.91 Å². The second kappa shape index (κ2) is 9.91. The first-order valence-corrected chi connectivity index (χ1v) is 12.1. The van der Waals surface area contributed by atoms with Gasteiger partial charge in [0.05, 0.1) is 22.0 Å². The molecule has 0 fully saturated rings. The van der Waals surface area contributed by atoms with Crippen LogP contribution in [-0.4, -0.2) is 31.4 Å². The minimum atomic E-state index is -4.58. The summed E-state index contributed by atoms with van der Waals surface area (Å²) in [5.41, 5.74) is 1.12. The maximum atomic E-state index is 13.6. The van der Waals surface area contributed by atoms with Crippen molar-refractivity contribution in [1.29, 1.82) is 0 Å². The molecular formula is C25H16ClF4N5OS. The van der Waals surface area contributed by atoms with Crippen LogP contribution >= 0.6 is 23.4 Å². The summed E-state index contributed by atoms with van der Waals surface area (Å²) in [6, 6.07) is 16.0. The van der Waals surface area contributed by atoms with Crippen LogP contribution in [0.5, 0.6) is 0 Å². The number of fused-ring (bicyclic) bond motifs is 1. The molecule has 0 saturated heterocycles. The fourth-order valence-electron chi connectivity index (χ4n) is 3.73. The average molecular weight is 546 g/mol. The Bertz CT molecular complexity index is 1600. The van der Waals surface area contributed by atoms with Gasteiger partial charge in [-0.3, -0.25) is 9.36 Å². The number of halogens is 5. The molecule has 5 aromatic rings. The van der Waals surface area contributed by atoms with E-state index in [1.54, 1.807) is 22.9 Å². The lowest BCUT2D eigenvalue weighted by molar-refractivity contribution is -0.137.